The highest BCUT2D eigenvalue weighted by Gasteiger charge is 2.15. The van der Waals surface area contributed by atoms with Gasteiger partial charge in [-0.2, -0.15) is 0 Å². The number of carbonyl (C=O) groups is 2. The monoisotopic (exact) mass is 331 g/mol. The number of aromatic nitrogens is 1. The first-order valence-corrected chi connectivity index (χ1v) is 7.60. The fourth-order valence-electron chi connectivity index (χ4n) is 2.22. The van der Waals surface area contributed by atoms with Crippen LogP contribution in [0.4, 0.5) is 5.69 Å². The molecule has 2 aromatic rings. The number of nitrogens with one attached hydrogen (secondary N) is 1. The van der Waals surface area contributed by atoms with Gasteiger partial charge in [0.05, 0.1) is 5.56 Å². The number of amides is 2. The summed E-state index contributed by atoms with van der Waals surface area (Å²) in [5.41, 5.74) is 2.07. The Morgan fingerprint density at radius 2 is 2.04 bits per heavy atom. The molecule has 0 radical (unpaired) electrons. The summed E-state index contributed by atoms with van der Waals surface area (Å²) in [6.45, 7) is 4.05. The third-order valence-electron chi connectivity index (χ3n) is 3.45. The summed E-state index contributed by atoms with van der Waals surface area (Å²) >= 11 is 6.11. The van der Waals surface area contributed by atoms with Gasteiger partial charge in [0.2, 0.25) is 5.91 Å². The largest absolute Gasteiger partial charge is 0.350 e. The third kappa shape index (κ3) is 4.29. The first-order valence-electron chi connectivity index (χ1n) is 7.22. The second-order valence-electron chi connectivity index (χ2n) is 5.05. The van der Waals surface area contributed by atoms with Gasteiger partial charge in [0.25, 0.3) is 5.91 Å². The Labute approximate surface area is 140 Å². The highest BCUT2D eigenvalue weighted by molar-refractivity contribution is 6.31. The number of pyridine rings is 1. The predicted octanol–water partition coefficient (Wildman–Crippen LogP) is 2.83. The van der Waals surface area contributed by atoms with E-state index in [1.54, 1.807) is 35.4 Å². The van der Waals surface area contributed by atoms with Crippen LogP contribution in [0.1, 0.15) is 22.8 Å². The molecule has 0 unspecified atom stereocenters. The van der Waals surface area contributed by atoms with Crippen molar-refractivity contribution in [2.75, 3.05) is 18.0 Å². The lowest BCUT2D eigenvalue weighted by Gasteiger charge is -2.23. The second kappa shape index (κ2) is 7.74. The molecule has 0 fully saturated rings. The van der Waals surface area contributed by atoms with Crippen LogP contribution in [-0.2, 0) is 4.79 Å². The fourth-order valence-corrected chi connectivity index (χ4v) is 2.39. The average Bonchev–Trinajstić information content (AvgIpc) is 2.55. The number of halogens is 1. The quantitative estimate of drug-likeness (QED) is 0.916. The van der Waals surface area contributed by atoms with Crippen molar-refractivity contribution in [2.24, 2.45) is 0 Å². The number of benzene rings is 1. The van der Waals surface area contributed by atoms with Gasteiger partial charge < -0.3 is 10.2 Å². The van der Waals surface area contributed by atoms with E-state index in [0.29, 0.717) is 23.7 Å². The number of hydrogen-bond donors (Lipinski definition) is 1. The van der Waals surface area contributed by atoms with Crippen LogP contribution in [0.5, 0.6) is 0 Å². The Bertz CT molecular complexity index is 704. The van der Waals surface area contributed by atoms with Crippen LogP contribution in [0.3, 0.4) is 0 Å². The van der Waals surface area contributed by atoms with Crippen LogP contribution in [0.15, 0.2) is 42.7 Å². The predicted molar refractivity (Wildman–Crippen MR) is 90.8 cm³/mol. The summed E-state index contributed by atoms with van der Waals surface area (Å²) in [4.78, 5) is 29.4. The minimum absolute atomic E-state index is 0.106. The lowest BCUT2D eigenvalue weighted by Crippen LogP contribution is -2.38. The summed E-state index contributed by atoms with van der Waals surface area (Å²) in [6, 6.07) is 8.81. The molecule has 0 spiro atoms. The summed E-state index contributed by atoms with van der Waals surface area (Å²) in [5, 5.41) is 3.39. The average molecular weight is 332 g/mol. The molecule has 1 heterocycles. The highest BCUT2D eigenvalue weighted by Crippen LogP contribution is 2.26. The number of rotatable bonds is 5. The normalized spacial score (nSPS) is 10.2. The van der Waals surface area contributed by atoms with Crippen molar-refractivity contribution in [3.05, 3.63) is 58.9 Å². The summed E-state index contributed by atoms with van der Waals surface area (Å²) in [5.74, 6) is -0.324. The Morgan fingerprint density at radius 3 is 2.70 bits per heavy atom. The minimum atomic E-state index is -0.218. The maximum absolute atomic E-state index is 12.0. The van der Waals surface area contributed by atoms with E-state index >= 15 is 0 Å². The molecule has 0 aliphatic rings. The van der Waals surface area contributed by atoms with Gasteiger partial charge in [-0.15, -0.1) is 0 Å². The fraction of sp³-hybridized carbons (Fsp3) is 0.235. The summed E-state index contributed by atoms with van der Waals surface area (Å²) in [6.07, 6.45) is 3.11. The van der Waals surface area contributed by atoms with Crippen molar-refractivity contribution in [2.45, 2.75) is 13.8 Å². The van der Waals surface area contributed by atoms with E-state index in [1.807, 2.05) is 13.0 Å². The van der Waals surface area contributed by atoms with E-state index in [4.69, 9.17) is 11.6 Å². The molecule has 2 amide bonds. The van der Waals surface area contributed by atoms with Gasteiger partial charge in [0.1, 0.15) is 0 Å². The van der Waals surface area contributed by atoms with E-state index in [-0.39, 0.29) is 11.8 Å². The zero-order chi connectivity index (χ0) is 16.8. The maximum Gasteiger partial charge on any atom is 0.252 e. The van der Waals surface area contributed by atoms with Crippen molar-refractivity contribution in [1.29, 1.82) is 0 Å². The van der Waals surface area contributed by atoms with Gasteiger partial charge in [-0.05, 0) is 36.8 Å². The zero-order valence-corrected chi connectivity index (χ0v) is 13.8. The smallest absolute Gasteiger partial charge is 0.252 e. The molecular formula is C17H18ClN3O2. The highest BCUT2D eigenvalue weighted by atomic mass is 35.5. The molecule has 0 saturated carbocycles. The number of nitrogens with zero attached hydrogens (tertiary/aromatic N) is 2. The van der Waals surface area contributed by atoms with E-state index in [0.717, 1.165) is 11.3 Å². The molecule has 6 heteroatoms. The van der Waals surface area contributed by atoms with E-state index < -0.39 is 0 Å². The SMILES string of the molecule is CC(=O)N(CCNC(=O)c1cccnc1)c1cccc(Cl)c1C. The number of hydrogen-bond acceptors (Lipinski definition) is 3. The van der Waals surface area contributed by atoms with Crippen molar-refractivity contribution in [3.63, 3.8) is 0 Å². The van der Waals surface area contributed by atoms with Gasteiger partial charge in [0, 0.05) is 43.1 Å². The molecule has 0 aliphatic carbocycles. The van der Waals surface area contributed by atoms with E-state index in [2.05, 4.69) is 10.3 Å². The van der Waals surface area contributed by atoms with Crippen LogP contribution < -0.4 is 10.2 Å². The van der Waals surface area contributed by atoms with Gasteiger partial charge in [-0.3, -0.25) is 14.6 Å². The molecule has 1 aromatic carbocycles. The second-order valence-corrected chi connectivity index (χ2v) is 5.46. The topological polar surface area (TPSA) is 62.3 Å². The first kappa shape index (κ1) is 17.0. The molecule has 0 bridgehead atoms. The van der Waals surface area contributed by atoms with Gasteiger partial charge in [0.15, 0.2) is 0 Å². The van der Waals surface area contributed by atoms with Crippen LogP contribution in [-0.4, -0.2) is 29.9 Å². The molecule has 23 heavy (non-hydrogen) atoms. The molecule has 2 rings (SSSR count). The lowest BCUT2D eigenvalue weighted by atomic mass is 10.1. The van der Waals surface area contributed by atoms with Crippen LogP contribution in [0, 0.1) is 6.92 Å². The van der Waals surface area contributed by atoms with Gasteiger partial charge in [-0.1, -0.05) is 17.7 Å². The van der Waals surface area contributed by atoms with Crippen LogP contribution in [0.25, 0.3) is 0 Å². The molecule has 0 saturated heterocycles. The Hall–Kier alpha value is -2.40. The molecular weight excluding hydrogens is 314 g/mol. The maximum atomic E-state index is 12.0. The Kier molecular flexibility index (Phi) is 5.71. The van der Waals surface area contributed by atoms with Crippen LogP contribution >= 0.6 is 11.6 Å². The standard InChI is InChI=1S/C17H18ClN3O2/c1-12-15(18)6-3-7-16(12)21(13(2)22)10-9-20-17(23)14-5-4-8-19-11-14/h3-8,11H,9-10H2,1-2H3,(H,20,23). The molecule has 0 aliphatic heterocycles. The number of anilines is 1. The Morgan fingerprint density at radius 1 is 1.26 bits per heavy atom. The molecule has 1 aromatic heterocycles. The van der Waals surface area contributed by atoms with Crippen molar-refractivity contribution < 1.29 is 9.59 Å². The van der Waals surface area contributed by atoms with Gasteiger partial charge >= 0.3 is 0 Å². The van der Waals surface area contributed by atoms with E-state index in [9.17, 15) is 9.59 Å². The summed E-state index contributed by atoms with van der Waals surface area (Å²) in [7, 11) is 0. The molecule has 1 N–H and O–H groups in total. The van der Waals surface area contributed by atoms with E-state index in [1.165, 1.54) is 13.1 Å². The summed E-state index contributed by atoms with van der Waals surface area (Å²) < 4.78 is 0. The van der Waals surface area contributed by atoms with Crippen molar-refractivity contribution >= 4 is 29.1 Å². The molecule has 0 atom stereocenters. The zero-order valence-electron chi connectivity index (χ0n) is 13.0. The first-order chi connectivity index (χ1) is 11.0. The van der Waals surface area contributed by atoms with Gasteiger partial charge in [-0.25, -0.2) is 0 Å². The lowest BCUT2D eigenvalue weighted by molar-refractivity contribution is -0.116. The molecule has 5 nitrogen and oxygen atoms in total. The third-order valence-corrected chi connectivity index (χ3v) is 3.86. The minimum Gasteiger partial charge on any atom is -0.350 e. The molecule has 120 valence electrons. The van der Waals surface area contributed by atoms with Crippen molar-refractivity contribution in [1.82, 2.24) is 10.3 Å². The van der Waals surface area contributed by atoms with Crippen molar-refractivity contribution in [3.8, 4) is 0 Å². The van der Waals surface area contributed by atoms with Crippen LogP contribution in [0.2, 0.25) is 5.02 Å². The Balaban J connectivity index is 2.02. The number of carbonyl (C=O) groups excluding carboxylic acids is 2.